The molecule has 2 aliphatic heterocycles. The molecule has 1 aromatic heterocycles. The minimum Gasteiger partial charge on any atom is -0.493 e. The summed E-state index contributed by atoms with van der Waals surface area (Å²) in [6, 6.07) is 20.8. The van der Waals surface area contributed by atoms with E-state index in [1.807, 2.05) is 48.1 Å². The van der Waals surface area contributed by atoms with Crippen LogP contribution in [0.2, 0.25) is 0 Å². The normalized spacial score (nSPS) is 18.0. The van der Waals surface area contributed by atoms with Gasteiger partial charge in [0.15, 0.2) is 5.69 Å². The van der Waals surface area contributed by atoms with E-state index >= 15 is 0 Å². The summed E-state index contributed by atoms with van der Waals surface area (Å²) in [6.07, 6.45) is 6.05. The Hall–Kier alpha value is -4.27. The molecule has 3 heterocycles. The summed E-state index contributed by atoms with van der Waals surface area (Å²) in [6.45, 7) is 5.87. The number of hydrogen-bond donors (Lipinski definition) is 1. The first-order valence-corrected chi connectivity index (χ1v) is 15.2. The number of fused-ring (bicyclic) bond motifs is 3. The largest absolute Gasteiger partial charge is 0.493 e. The molecule has 4 aromatic rings. The van der Waals surface area contributed by atoms with Gasteiger partial charge in [0, 0.05) is 47.9 Å². The van der Waals surface area contributed by atoms with Crippen LogP contribution in [0, 0.1) is 0 Å². The predicted octanol–water partition coefficient (Wildman–Crippen LogP) is 6.35. The van der Waals surface area contributed by atoms with Crippen LogP contribution in [0.15, 0.2) is 78.6 Å². The van der Waals surface area contributed by atoms with Crippen molar-refractivity contribution in [1.29, 1.82) is 0 Å². The second-order valence-electron chi connectivity index (χ2n) is 10.9. The second kappa shape index (κ2) is 12.5. The summed E-state index contributed by atoms with van der Waals surface area (Å²) in [5, 5.41) is 7.75. The average Bonchev–Trinajstić information content (AvgIpc) is 3.45. The highest BCUT2D eigenvalue weighted by Gasteiger charge is 2.37. The van der Waals surface area contributed by atoms with Crippen molar-refractivity contribution in [3.8, 4) is 5.75 Å². The summed E-state index contributed by atoms with van der Waals surface area (Å²) in [4.78, 5) is 13.6. The molecular weight excluding hydrogens is 540 g/mol. The zero-order chi connectivity index (χ0) is 29.9. The van der Waals surface area contributed by atoms with Crippen molar-refractivity contribution >= 4 is 33.2 Å². The number of hydrazine groups is 1. The Kier molecular flexibility index (Phi) is 8.40. The molecule has 8 heteroatoms. The Morgan fingerprint density at radius 3 is 2.65 bits per heavy atom. The first-order chi connectivity index (χ1) is 21.0. The van der Waals surface area contributed by atoms with Crippen LogP contribution in [0.25, 0.3) is 27.2 Å². The molecule has 224 valence electrons. The molecule has 3 aromatic carbocycles. The van der Waals surface area contributed by atoms with Crippen molar-refractivity contribution in [2.24, 2.45) is 0 Å². The molecule has 8 nitrogen and oxygen atoms in total. The van der Waals surface area contributed by atoms with Crippen molar-refractivity contribution in [3.05, 3.63) is 95.5 Å². The lowest BCUT2D eigenvalue weighted by molar-refractivity contribution is 0.0201. The number of nitrogens with one attached hydrogen (secondary N) is 1. The molecule has 0 bridgehead atoms. The number of likely N-dealkylation sites (N-methyl/N-ethyl adjacent to an activating group) is 1. The first kappa shape index (κ1) is 28.8. The van der Waals surface area contributed by atoms with Crippen molar-refractivity contribution in [1.82, 2.24) is 14.7 Å². The van der Waals surface area contributed by atoms with Gasteiger partial charge in [0.2, 0.25) is 0 Å². The molecule has 43 heavy (non-hydrogen) atoms. The summed E-state index contributed by atoms with van der Waals surface area (Å²) in [5.74, 6) is 0.528. The van der Waals surface area contributed by atoms with Gasteiger partial charge in [-0.3, -0.25) is 0 Å². The van der Waals surface area contributed by atoms with Crippen LogP contribution in [-0.2, 0) is 15.9 Å². The fraction of sp³-hybridized carbons (Fsp3) is 0.343. The summed E-state index contributed by atoms with van der Waals surface area (Å²) in [5.41, 5.74) is 9.40. The predicted molar refractivity (Wildman–Crippen MR) is 172 cm³/mol. The van der Waals surface area contributed by atoms with Crippen molar-refractivity contribution in [2.45, 2.75) is 39.2 Å². The third-order valence-electron chi connectivity index (χ3n) is 8.54. The highest BCUT2D eigenvalue weighted by molar-refractivity contribution is 6.04. The molecule has 0 spiro atoms. The Morgan fingerprint density at radius 1 is 1.02 bits per heavy atom. The molecule has 2 aliphatic rings. The third-order valence-corrected chi connectivity index (χ3v) is 8.54. The number of allylic oxidation sites excluding steroid dienone is 1. The van der Waals surface area contributed by atoms with Gasteiger partial charge in [-0.15, -0.1) is 0 Å². The maximum absolute atomic E-state index is 13.6. The van der Waals surface area contributed by atoms with E-state index in [1.165, 1.54) is 11.3 Å². The van der Waals surface area contributed by atoms with Crippen LogP contribution >= 0.6 is 0 Å². The Bertz CT molecular complexity index is 1700. The number of aryl methyl sites for hydroxylation is 1. The van der Waals surface area contributed by atoms with Crippen molar-refractivity contribution in [2.75, 3.05) is 45.9 Å². The van der Waals surface area contributed by atoms with Crippen molar-refractivity contribution in [3.63, 3.8) is 0 Å². The van der Waals surface area contributed by atoms with Crippen LogP contribution in [0.4, 0.5) is 0 Å². The standard InChI is InChI=1S/C35H40N4O4/c1-5-29-32-28-17-10-16-26-27(18-11-22-43-31-19-9-14-24-13-7-8-15-25(24)31)34(35(40)42-6-2)39(33(26)28)36-20-12-21-41-23-30(32)38(4)37(29)3/h7-10,12-17,19-20,30,36H,5-6,11,18,21-23H2,1-4H3/b20-12-. The number of rotatable bonds is 8. The van der Waals surface area contributed by atoms with Crippen LogP contribution in [-0.4, -0.2) is 67.2 Å². The summed E-state index contributed by atoms with van der Waals surface area (Å²) >= 11 is 0. The molecular formula is C35H40N4O4. The maximum Gasteiger partial charge on any atom is 0.357 e. The lowest BCUT2D eigenvalue weighted by Crippen LogP contribution is -2.39. The van der Waals surface area contributed by atoms with E-state index in [9.17, 15) is 4.79 Å². The highest BCUT2D eigenvalue weighted by atomic mass is 16.5. The van der Waals surface area contributed by atoms with Gasteiger partial charge in [0.25, 0.3) is 0 Å². The van der Waals surface area contributed by atoms with Crippen molar-refractivity contribution < 1.29 is 19.0 Å². The van der Waals surface area contributed by atoms with E-state index in [1.54, 1.807) is 0 Å². The molecule has 1 unspecified atom stereocenters. The van der Waals surface area contributed by atoms with Gasteiger partial charge in [-0.2, -0.15) is 0 Å². The SMILES string of the molecule is CCOC(=O)c1c(CCCOc2cccc3ccccc23)c2cccc3c2n1N/C=C\COCC1C3=C(CC)N(C)N1C. The lowest BCUT2D eigenvalue weighted by Gasteiger charge is -2.29. The molecule has 1 atom stereocenters. The van der Waals surface area contributed by atoms with Gasteiger partial charge in [0.1, 0.15) is 5.75 Å². The van der Waals surface area contributed by atoms with Gasteiger partial charge >= 0.3 is 5.97 Å². The number of benzene rings is 3. The van der Waals surface area contributed by atoms with Gasteiger partial charge < -0.3 is 24.6 Å². The summed E-state index contributed by atoms with van der Waals surface area (Å²) < 4.78 is 19.9. The van der Waals surface area contributed by atoms with Gasteiger partial charge in [-0.05, 0) is 49.3 Å². The van der Waals surface area contributed by atoms with E-state index < -0.39 is 0 Å². The fourth-order valence-electron chi connectivity index (χ4n) is 6.49. The number of aromatic nitrogens is 1. The summed E-state index contributed by atoms with van der Waals surface area (Å²) in [7, 11) is 4.21. The molecule has 0 saturated carbocycles. The average molecular weight is 581 g/mol. The zero-order valence-electron chi connectivity index (χ0n) is 25.4. The topological polar surface area (TPSA) is 68.2 Å². The number of ether oxygens (including phenoxy) is 3. The third kappa shape index (κ3) is 5.26. The van der Waals surface area contributed by atoms with Gasteiger partial charge in [-0.25, -0.2) is 14.5 Å². The quantitative estimate of drug-likeness (QED) is 0.192. The van der Waals surface area contributed by atoms with Crippen LogP contribution in [0.1, 0.15) is 48.3 Å². The highest BCUT2D eigenvalue weighted by Crippen LogP contribution is 2.41. The number of para-hydroxylation sites is 1. The van der Waals surface area contributed by atoms with Crippen LogP contribution < -0.4 is 10.2 Å². The maximum atomic E-state index is 13.6. The van der Waals surface area contributed by atoms with Crippen LogP contribution in [0.5, 0.6) is 5.75 Å². The molecule has 1 N–H and O–H groups in total. The minimum absolute atomic E-state index is 0.0454. The van der Waals surface area contributed by atoms with E-state index in [0.717, 1.165) is 51.4 Å². The zero-order valence-corrected chi connectivity index (χ0v) is 25.4. The monoisotopic (exact) mass is 580 g/mol. The molecule has 0 aliphatic carbocycles. The molecule has 0 saturated heterocycles. The molecule has 6 rings (SSSR count). The van der Waals surface area contributed by atoms with E-state index in [2.05, 4.69) is 72.9 Å². The minimum atomic E-state index is -0.344. The second-order valence-corrected chi connectivity index (χ2v) is 10.9. The molecule has 0 fully saturated rings. The van der Waals surface area contributed by atoms with Gasteiger partial charge in [0.05, 0.1) is 38.0 Å². The first-order valence-electron chi connectivity index (χ1n) is 15.2. The van der Waals surface area contributed by atoms with E-state index in [-0.39, 0.29) is 12.0 Å². The Labute approximate surface area is 253 Å². The number of nitrogens with zero attached hydrogens (tertiary/aromatic N) is 3. The fourth-order valence-corrected chi connectivity index (χ4v) is 6.49. The Balaban J connectivity index is 1.44. The smallest absolute Gasteiger partial charge is 0.357 e. The van der Waals surface area contributed by atoms with E-state index in [0.29, 0.717) is 38.5 Å². The lowest BCUT2D eigenvalue weighted by atomic mass is 9.94. The van der Waals surface area contributed by atoms with Crippen LogP contribution in [0.3, 0.4) is 0 Å². The van der Waals surface area contributed by atoms with E-state index in [4.69, 9.17) is 14.2 Å². The molecule has 0 radical (unpaired) electrons. The molecule has 0 amide bonds. The van der Waals surface area contributed by atoms with Gasteiger partial charge in [-0.1, -0.05) is 61.5 Å². The number of esters is 1. The number of hydrogen-bond acceptors (Lipinski definition) is 7. The number of carbonyl (C=O) groups is 1. The number of carbonyl (C=O) groups excluding carboxylic acids is 1. The Morgan fingerprint density at radius 2 is 1.81 bits per heavy atom.